The Balaban J connectivity index is 1.83. The summed E-state index contributed by atoms with van der Waals surface area (Å²) in [6.45, 7) is 7.97. The lowest BCUT2D eigenvalue weighted by Crippen LogP contribution is -2.39. The molecule has 2 unspecified atom stereocenters. The van der Waals surface area contributed by atoms with Crippen molar-refractivity contribution in [2.24, 2.45) is 16.6 Å². The van der Waals surface area contributed by atoms with Crippen molar-refractivity contribution in [3.8, 4) is 0 Å². The van der Waals surface area contributed by atoms with E-state index in [1.165, 1.54) is 54.1 Å². The highest BCUT2D eigenvalue weighted by atomic mass is 32.2. The van der Waals surface area contributed by atoms with Gasteiger partial charge in [0.25, 0.3) is 0 Å². The summed E-state index contributed by atoms with van der Waals surface area (Å²) in [4.78, 5) is 57.7. The van der Waals surface area contributed by atoms with Gasteiger partial charge in [-0.05, 0) is 31.8 Å². The predicted molar refractivity (Wildman–Crippen MR) is 169 cm³/mol. The minimum atomic E-state index is -0.935. The Morgan fingerprint density at radius 2 is 1.95 bits per heavy atom. The number of thioether (sulfide) groups is 2. The van der Waals surface area contributed by atoms with Crippen molar-refractivity contribution in [3.63, 3.8) is 0 Å². The fraction of sp³-hybridized carbons (Fsp3) is 0.655. The van der Waals surface area contributed by atoms with E-state index in [1.807, 2.05) is 25.3 Å². The molecule has 1 aromatic rings. The van der Waals surface area contributed by atoms with Crippen LogP contribution in [-0.2, 0) is 30.5 Å². The zero-order chi connectivity index (χ0) is 30.3. The summed E-state index contributed by atoms with van der Waals surface area (Å²) in [5, 5.41) is 6.25. The van der Waals surface area contributed by atoms with Gasteiger partial charge in [0.15, 0.2) is 5.12 Å². The van der Waals surface area contributed by atoms with Crippen LogP contribution >= 0.6 is 34.9 Å². The monoisotopic (exact) mass is 624 g/mol. The zero-order valence-corrected chi connectivity index (χ0v) is 27.1. The van der Waals surface area contributed by atoms with Crippen LogP contribution in [-0.4, -0.2) is 56.1 Å². The topological polar surface area (TPSA) is 141 Å². The van der Waals surface area contributed by atoms with E-state index in [1.54, 1.807) is 13.0 Å². The Morgan fingerprint density at radius 3 is 2.63 bits per heavy atom. The minimum Gasteiger partial charge on any atom is -0.458 e. The third-order valence-electron chi connectivity index (χ3n) is 6.20. The number of thiazole rings is 1. The van der Waals surface area contributed by atoms with Crippen LogP contribution < -0.4 is 11.1 Å². The maximum absolute atomic E-state index is 12.7. The van der Waals surface area contributed by atoms with Crippen molar-refractivity contribution in [2.75, 3.05) is 11.5 Å². The first-order valence-corrected chi connectivity index (χ1v) is 17.1. The van der Waals surface area contributed by atoms with Crippen LogP contribution in [0, 0.1) is 5.92 Å². The molecule has 1 aliphatic heterocycles. The number of aromatic nitrogens is 1. The molecule has 0 radical (unpaired) electrons. The first-order valence-electron chi connectivity index (χ1n) is 14.3. The van der Waals surface area contributed by atoms with Gasteiger partial charge in [0.05, 0.1) is 13.0 Å². The number of nitrogens with zero attached hydrogens (tertiary/aromatic N) is 2. The molecule has 9 nitrogen and oxygen atoms in total. The summed E-state index contributed by atoms with van der Waals surface area (Å²) >= 11 is 4.15. The van der Waals surface area contributed by atoms with Crippen molar-refractivity contribution in [2.45, 2.75) is 104 Å². The summed E-state index contributed by atoms with van der Waals surface area (Å²) < 4.78 is 5.58. The predicted octanol–water partition coefficient (Wildman–Crippen LogP) is 5.41. The molecular weight excluding hydrogens is 581 g/mol. The van der Waals surface area contributed by atoms with Gasteiger partial charge < -0.3 is 15.8 Å². The van der Waals surface area contributed by atoms with E-state index in [9.17, 15) is 19.2 Å². The molecule has 2 atom stereocenters. The molecule has 2 rings (SSSR count). The smallest absolute Gasteiger partial charge is 0.306 e. The molecule has 228 valence electrons. The molecule has 3 N–H and O–H groups in total. The summed E-state index contributed by atoms with van der Waals surface area (Å²) in [5.41, 5.74) is 5.18. The van der Waals surface area contributed by atoms with E-state index in [2.05, 4.69) is 22.2 Å². The molecule has 0 aliphatic carbocycles. The summed E-state index contributed by atoms with van der Waals surface area (Å²) in [6, 6.07) is 0. The van der Waals surface area contributed by atoms with Crippen LogP contribution in [0.1, 0.15) is 96.2 Å². The Bertz CT molecular complexity index is 1090. The van der Waals surface area contributed by atoms with Crippen molar-refractivity contribution in [1.29, 1.82) is 0 Å². The van der Waals surface area contributed by atoms with Gasteiger partial charge in [-0.25, -0.2) is 4.98 Å². The molecule has 0 aromatic carbocycles. The van der Waals surface area contributed by atoms with Gasteiger partial charge in [0.2, 0.25) is 11.8 Å². The Labute approximate surface area is 256 Å². The number of rotatable bonds is 19. The highest BCUT2D eigenvalue weighted by Crippen LogP contribution is 2.31. The molecular formula is C29H44N4O5S3. The summed E-state index contributed by atoms with van der Waals surface area (Å²) in [6.07, 6.45) is 10.0. The molecule has 2 heterocycles. The number of esters is 1. The van der Waals surface area contributed by atoms with Crippen molar-refractivity contribution in [1.82, 2.24) is 10.3 Å². The Morgan fingerprint density at radius 1 is 1.20 bits per heavy atom. The Kier molecular flexibility index (Phi) is 15.7. The molecule has 0 saturated carbocycles. The number of primary amides is 1. The van der Waals surface area contributed by atoms with Crippen molar-refractivity contribution < 1.29 is 23.9 Å². The minimum absolute atomic E-state index is 0.0120. The van der Waals surface area contributed by atoms with Gasteiger partial charge in [-0.15, -0.1) is 23.1 Å². The van der Waals surface area contributed by atoms with Crippen LogP contribution in [0.15, 0.2) is 22.5 Å². The van der Waals surface area contributed by atoms with E-state index >= 15 is 0 Å². The van der Waals surface area contributed by atoms with Crippen LogP contribution in [0.4, 0.5) is 0 Å². The number of nitrogens with one attached hydrogen (secondary N) is 1. The van der Waals surface area contributed by atoms with E-state index in [-0.39, 0.29) is 42.3 Å². The lowest BCUT2D eigenvalue weighted by Gasteiger charge is -2.15. The van der Waals surface area contributed by atoms with Gasteiger partial charge in [0, 0.05) is 29.7 Å². The van der Waals surface area contributed by atoms with Crippen molar-refractivity contribution in [3.05, 3.63) is 28.2 Å². The first-order chi connectivity index (χ1) is 19.5. The molecule has 0 bridgehead atoms. The van der Waals surface area contributed by atoms with E-state index in [0.717, 1.165) is 12.8 Å². The quantitative estimate of drug-likeness (QED) is 0.118. The summed E-state index contributed by atoms with van der Waals surface area (Å²) in [5.74, 6) is 0.179. The molecule has 2 amide bonds. The largest absolute Gasteiger partial charge is 0.458 e. The standard InChI is InChI=1S/C29H44N4O5S3/c1-5-6-7-8-9-13-26(36)39-14-11-10-12-21(38-25(35)15-20(2)3)16-23(34)31-17-24-32-22(18-40-24)27-33-29(4,19-41-27)28(30)37/h10,12,18,20-21H,5-9,11,13-17,19H2,1-4H3,(H2,30,37)(H,31,34). The number of nitrogens with two attached hydrogens (primary N) is 1. The van der Waals surface area contributed by atoms with Gasteiger partial charge in [-0.1, -0.05) is 64.3 Å². The number of hydrogen-bond acceptors (Lipinski definition) is 10. The summed E-state index contributed by atoms with van der Waals surface area (Å²) in [7, 11) is 0. The van der Waals surface area contributed by atoms with E-state index in [4.69, 9.17) is 10.5 Å². The molecule has 1 aliphatic rings. The highest BCUT2D eigenvalue weighted by molar-refractivity contribution is 8.14. The van der Waals surface area contributed by atoms with Crippen LogP contribution in [0.3, 0.4) is 0 Å². The molecule has 0 fully saturated rings. The molecule has 0 saturated heterocycles. The van der Waals surface area contributed by atoms with Crippen molar-refractivity contribution >= 4 is 62.8 Å². The highest BCUT2D eigenvalue weighted by Gasteiger charge is 2.37. The van der Waals surface area contributed by atoms with Gasteiger partial charge in [-0.3, -0.25) is 24.2 Å². The number of allylic oxidation sites excluding steroid dienone is 1. The lowest BCUT2D eigenvalue weighted by molar-refractivity contribution is -0.148. The number of carbonyl (C=O) groups is 4. The zero-order valence-electron chi connectivity index (χ0n) is 24.6. The third kappa shape index (κ3) is 13.6. The van der Waals surface area contributed by atoms with Crippen LogP contribution in [0.2, 0.25) is 0 Å². The number of hydrogen-bond donors (Lipinski definition) is 2. The second-order valence-electron chi connectivity index (χ2n) is 10.7. The number of aliphatic imine (C=N–C) groups is 1. The van der Waals surface area contributed by atoms with E-state index < -0.39 is 17.6 Å². The number of unbranched alkanes of at least 4 members (excludes halogenated alkanes) is 4. The number of amides is 2. The maximum atomic E-state index is 12.7. The second-order valence-corrected chi connectivity index (χ2v) is 13.7. The second kappa shape index (κ2) is 18.4. The normalized spacial score (nSPS) is 17.5. The molecule has 12 heteroatoms. The van der Waals surface area contributed by atoms with Crippen LogP contribution in [0.25, 0.3) is 0 Å². The molecule has 0 spiro atoms. The average molecular weight is 625 g/mol. The fourth-order valence-corrected chi connectivity index (χ4v) is 6.51. The van der Waals surface area contributed by atoms with Gasteiger partial charge in [0.1, 0.15) is 27.4 Å². The van der Waals surface area contributed by atoms with Gasteiger partial charge in [-0.2, -0.15) is 0 Å². The maximum Gasteiger partial charge on any atom is 0.306 e. The third-order valence-corrected chi connectivity index (χ3v) is 9.30. The SMILES string of the molecule is CCCCCCCC(=O)SCCC=CC(CC(=O)NCc1nc(C2=NC(C)(C(N)=O)CS2)cs1)OC(=O)CC(C)C. The fourth-order valence-electron chi connectivity index (χ4n) is 3.81. The van der Waals surface area contributed by atoms with Gasteiger partial charge >= 0.3 is 5.97 Å². The molecule has 41 heavy (non-hydrogen) atoms. The number of carbonyl (C=O) groups excluding carboxylic acids is 4. The van der Waals surface area contributed by atoms with Crippen LogP contribution in [0.5, 0.6) is 0 Å². The Hall–Kier alpha value is -2.18. The number of ether oxygens (including phenoxy) is 1. The molecule has 1 aromatic heterocycles. The van der Waals surface area contributed by atoms with E-state index in [0.29, 0.717) is 40.1 Å². The first kappa shape index (κ1) is 35.0. The average Bonchev–Trinajstić information content (AvgIpc) is 3.54. The lowest BCUT2D eigenvalue weighted by atomic mass is 10.1.